The Hall–Kier alpha value is -2.43. The summed E-state index contributed by atoms with van der Waals surface area (Å²) in [6.45, 7) is 1.81. The Balaban J connectivity index is 2.77. The molecule has 0 radical (unpaired) electrons. The number of hydrogen-bond donors (Lipinski definition) is 2. The van der Waals surface area contributed by atoms with Crippen LogP contribution < -0.4 is 5.32 Å². The van der Waals surface area contributed by atoms with Crippen LogP contribution in [0.4, 0.5) is 10.1 Å². The van der Waals surface area contributed by atoms with Gasteiger partial charge in [0.1, 0.15) is 5.82 Å². The SMILES string of the molecule is CC=CC=CC(=O)Nc1ccc(C(=O)O)c(F)c1. The number of aromatic carboxylic acids is 1. The van der Waals surface area contributed by atoms with Gasteiger partial charge >= 0.3 is 5.97 Å². The highest BCUT2D eigenvalue weighted by Gasteiger charge is 2.10. The van der Waals surface area contributed by atoms with E-state index in [0.29, 0.717) is 0 Å². The van der Waals surface area contributed by atoms with E-state index in [1.165, 1.54) is 18.2 Å². The largest absolute Gasteiger partial charge is 0.478 e. The smallest absolute Gasteiger partial charge is 0.338 e. The van der Waals surface area contributed by atoms with E-state index in [0.717, 1.165) is 12.1 Å². The summed E-state index contributed by atoms with van der Waals surface area (Å²) in [5, 5.41) is 11.1. The van der Waals surface area contributed by atoms with E-state index in [1.807, 2.05) is 6.92 Å². The predicted octanol–water partition coefficient (Wildman–Crippen LogP) is 2.59. The lowest BCUT2D eigenvalue weighted by atomic mass is 10.2. The number of carbonyl (C=O) groups excluding carboxylic acids is 1. The van der Waals surface area contributed by atoms with Crippen molar-refractivity contribution in [2.75, 3.05) is 5.32 Å². The first-order chi connectivity index (χ1) is 8.54. The highest BCUT2D eigenvalue weighted by atomic mass is 19.1. The molecule has 0 unspecified atom stereocenters. The average molecular weight is 249 g/mol. The summed E-state index contributed by atoms with van der Waals surface area (Å²) in [5.41, 5.74) is -0.231. The van der Waals surface area contributed by atoms with E-state index in [4.69, 9.17) is 5.11 Å². The average Bonchev–Trinajstić information content (AvgIpc) is 2.28. The summed E-state index contributed by atoms with van der Waals surface area (Å²) < 4.78 is 13.3. The van der Waals surface area contributed by atoms with Gasteiger partial charge in [0, 0.05) is 11.8 Å². The Morgan fingerprint density at radius 2 is 2.06 bits per heavy atom. The molecule has 1 aromatic rings. The monoisotopic (exact) mass is 249 g/mol. The lowest BCUT2D eigenvalue weighted by Crippen LogP contribution is -2.09. The molecule has 94 valence electrons. The molecule has 0 aromatic heterocycles. The Morgan fingerprint density at radius 1 is 1.33 bits per heavy atom. The number of carboxylic acids is 1. The Labute approximate surface area is 103 Å². The topological polar surface area (TPSA) is 66.4 Å². The minimum atomic E-state index is -1.35. The molecule has 0 fully saturated rings. The molecule has 1 aromatic carbocycles. The molecule has 0 aliphatic rings. The van der Waals surface area contributed by atoms with Crippen molar-refractivity contribution in [1.29, 1.82) is 0 Å². The van der Waals surface area contributed by atoms with Crippen molar-refractivity contribution in [1.82, 2.24) is 0 Å². The number of amides is 1. The quantitative estimate of drug-likeness (QED) is 0.636. The molecule has 5 heteroatoms. The molecule has 1 rings (SSSR count). The first kappa shape index (κ1) is 13.6. The van der Waals surface area contributed by atoms with Gasteiger partial charge in [-0.05, 0) is 25.1 Å². The standard InChI is InChI=1S/C13H12FNO3/c1-2-3-4-5-12(16)15-9-6-7-10(13(17)18)11(14)8-9/h2-8H,1H3,(H,15,16)(H,17,18). The number of rotatable bonds is 4. The van der Waals surface area contributed by atoms with Gasteiger partial charge in [-0.3, -0.25) is 4.79 Å². The fraction of sp³-hybridized carbons (Fsp3) is 0.0769. The second-order valence-electron chi connectivity index (χ2n) is 3.37. The second kappa shape index (κ2) is 6.34. The first-order valence-corrected chi connectivity index (χ1v) is 5.17. The van der Waals surface area contributed by atoms with Crippen LogP contribution in [0.2, 0.25) is 0 Å². The van der Waals surface area contributed by atoms with E-state index in [-0.39, 0.29) is 5.69 Å². The van der Waals surface area contributed by atoms with E-state index < -0.39 is 23.3 Å². The lowest BCUT2D eigenvalue weighted by Gasteiger charge is -2.03. The van der Waals surface area contributed by atoms with Crippen LogP contribution in [0.3, 0.4) is 0 Å². The van der Waals surface area contributed by atoms with E-state index in [9.17, 15) is 14.0 Å². The van der Waals surface area contributed by atoms with Gasteiger partial charge in [-0.2, -0.15) is 0 Å². The summed E-state index contributed by atoms with van der Waals surface area (Å²) in [5.74, 6) is -2.66. The first-order valence-electron chi connectivity index (χ1n) is 5.17. The summed E-state index contributed by atoms with van der Waals surface area (Å²) >= 11 is 0. The highest BCUT2D eigenvalue weighted by molar-refractivity contribution is 5.99. The third-order valence-electron chi connectivity index (χ3n) is 2.02. The van der Waals surface area contributed by atoms with E-state index >= 15 is 0 Å². The maximum atomic E-state index is 13.3. The van der Waals surface area contributed by atoms with Crippen molar-refractivity contribution in [3.8, 4) is 0 Å². The molecule has 1 amide bonds. The van der Waals surface area contributed by atoms with Crippen LogP contribution in [-0.4, -0.2) is 17.0 Å². The van der Waals surface area contributed by atoms with Gasteiger partial charge in [-0.15, -0.1) is 0 Å². The molecular formula is C13H12FNO3. The zero-order valence-corrected chi connectivity index (χ0v) is 9.68. The van der Waals surface area contributed by atoms with Crippen molar-refractivity contribution in [2.24, 2.45) is 0 Å². The van der Waals surface area contributed by atoms with Crippen molar-refractivity contribution in [3.63, 3.8) is 0 Å². The van der Waals surface area contributed by atoms with Gasteiger partial charge in [0.25, 0.3) is 0 Å². The Kier molecular flexibility index (Phi) is 4.80. The van der Waals surface area contributed by atoms with Crippen molar-refractivity contribution < 1.29 is 19.1 Å². The summed E-state index contributed by atoms with van der Waals surface area (Å²) in [6.07, 6.45) is 6.25. The maximum Gasteiger partial charge on any atom is 0.338 e. The normalized spacial score (nSPS) is 11.0. The lowest BCUT2D eigenvalue weighted by molar-refractivity contribution is -0.111. The molecule has 0 aliphatic carbocycles. The van der Waals surface area contributed by atoms with Gasteiger partial charge < -0.3 is 10.4 Å². The predicted molar refractivity (Wildman–Crippen MR) is 65.9 cm³/mol. The van der Waals surface area contributed by atoms with Gasteiger partial charge in [0.2, 0.25) is 5.91 Å². The van der Waals surface area contributed by atoms with E-state index in [2.05, 4.69) is 5.32 Å². The van der Waals surface area contributed by atoms with Crippen molar-refractivity contribution >= 4 is 17.6 Å². The van der Waals surface area contributed by atoms with Crippen molar-refractivity contribution in [2.45, 2.75) is 6.92 Å². The Bertz CT molecular complexity index is 521. The minimum absolute atomic E-state index is 0.202. The molecule has 18 heavy (non-hydrogen) atoms. The molecular weight excluding hydrogens is 237 g/mol. The third kappa shape index (κ3) is 3.86. The summed E-state index contributed by atoms with van der Waals surface area (Å²) in [7, 11) is 0. The molecule has 0 aliphatic heterocycles. The van der Waals surface area contributed by atoms with Crippen molar-refractivity contribution in [3.05, 3.63) is 53.9 Å². The number of carboxylic acid groups (broad SMARTS) is 1. The van der Waals surface area contributed by atoms with Gasteiger partial charge in [0.05, 0.1) is 5.56 Å². The molecule has 0 saturated heterocycles. The van der Waals surface area contributed by atoms with Crippen LogP contribution in [-0.2, 0) is 4.79 Å². The zero-order valence-electron chi connectivity index (χ0n) is 9.68. The molecule has 0 atom stereocenters. The number of anilines is 1. The highest BCUT2D eigenvalue weighted by Crippen LogP contribution is 2.14. The fourth-order valence-electron chi connectivity index (χ4n) is 1.20. The molecule has 2 N–H and O–H groups in total. The maximum absolute atomic E-state index is 13.3. The molecule has 0 spiro atoms. The summed E-state index contributed by atoms with van der Waals surface area (Å²) in [6, 6.07) is 3.39. The van der Waals surface area contributed by atoms with Gasteiger partial charge in [-0.1, -0.05) is 18.2 Å². The number of nitrogens with one attached hydrogen (secondary N) is 1. The van der Waals surface area contributed by atoms with Gasteiger partial charge in [0.15, 0.2) is 0 Å². The number of hydrogen-bond acceptors (Lipinski definition) is 2. The van der Waals surface area contributed by atoms with Crippen LogP contribution >= 0.6 is 0 Å². The summed E-state index contributed by atoms with van der Waals surface area (Å²) in [4.78, 5) is 21.9. The number of halogens is 1. The zero-order chi connectivity index (χ0) is 13.5. The Morgan fingerprint density at radius 3 is 2.61 bits per heavy atom. The van der Waals surface area contributed by atoms with Crippen LogP contribution in [0.5, 0.6) is 0 Å². The van der Waals surface area contributed by atoms with Crippen LogP contribution in [0.25, 0.3) is 0 Å². The minimum Gasteiger partial charge on any atom is -0.478 e. The molecule has 0 saturated carbocycles. The fourth-order valence-corrected chi connectivity index (χ4v) is 1.20. The van der Waals surface area contributed by atoms with E-state index in [1.54, 1.807) is 12.2 Å². The third-order valence-corrected chi connectivity index (χ3v) is 2.02. The van der Waals surface area contributed by atoms with Gasteiger partial charge in [-0.25, -0.2) is 9.18 Å². The van der Waals surface area contributed by atoms with Crippen LogP contribution in [0.15, 0.2) is 42.5 Å². The number of carbonyl (C=O) groups is 2. The van der Waals surface area contributed by atoms with Crippen LogP contribution in [0.1, 0.15) is 17.3 Å². The molecule has 4 nitrogen and oxygen atoms in total. The molecule has 0 heterocycles. The molecule has 0 bridgehead atoms. The number of benzene rings is 1. The van der Waals surface area contributed by atoms with Crippen LogP contribution in [0, 0.1) is 5.82 Å². The number of allylic oxidation sites excluding steroid dienone is 3. The second-order valence-corrected chi connectivity index (χ2v) is 3.37.